The fourth-order valence-corrected chi connectivity index (χ4v) is 3.59. The van der Waals surface area contributed by atoms with E-state index in [-0.39, 0.29) is 17.7 Å². The molecule has 1 aliphatic heterocycles. The van der Waals surface area contributed by atoms with Gasteiger partial charge in [-0.05, 0) is 48.9 Å². The van der Waals surface area contributed by atoms with Gasteiger partial charge in [0.05, 0.1) is 10.8 Å². The van der Waals surface area contributed by atoms with Crippen LogP contribution in [0.1, 0.15) is 28.1 Å². The van der Waals surface area contributed by atoms with Crippen LogP contribution in [0.4, 0.5) is 5.69 Å². The molecule has 0 spiro atoms. The van der Waals surface area contributed by atoms with Crippen molar-refractivity contribution in [2.75, 3.05) is 18.4 Å². The zero-order chi connectivity index (χ0) is 16.2. The van der Waals surface area contributed by atoms with E-state index in [2.05, 4.69) is 5.32 Å². The van der Waals surface area contributed by atoms with Crippen molar-refractivity contribution in [3.05, 3.63) is 52.2 Å². The van der Waals surface area contributed by atoms with Crippen molar-refractivity contribution in [1.29, 1.82) is 0 Å². The molecular formula is C18H20N2O2S. The van der Waals surface area contributed by atoms with Crippen LogP contribution in [0.15, 0.2) is 41.8 Å². The number of thiophene rings is 1. The Labute approximate surface area is 140 Å². The van der Waals surface area contributed by atoms with E-state index in [1.54, 1.807) is 4.90 Å². The summed E-state index contributed by atoms with van der Waals surface area (Å²) in [5.41, 5.74) is 1.93. The van der Waals surface area contributed by atoms with Crippen molar-refractivity contribution in [3.63, 3.8) is 0 Å². The first-order valence-electron chi connectivity index (χ1n) is 7.84. The summed E-state index contributed by atoms with van der Waals surface area (Å²) in [6.07, 6.45) is 1.69. The van der Waals surface area contributed by atoms with Crippen LogP contribution in [0.2, 0.25) is 0 Å². The van der Waals surface area contributed by atoms with Crippen LogP contribution in [-0.4, -0.2) is 29.8 Å². The summed E-state index contributed by atoms with van der Waals surface area (Å²) in [7, 11) is 0. The summed E-state index contributed by atoms with van der Waals surface area (Å²) in [5, 5.41) is 4.87. The first kappa shape index (κ1) is 15.7. The Kier molecular flexibility index (Phi) is 4.76. The van der Waals surface area contributed by atoms with Crippen LogP contribution < -0.4 is 5.32 Å². The molecule has 23 heavy (non-hydrogen) atoms. The molecule has 0 unspecified atom stereocenters. The number of piperidine rings is 1. The maximum atomic E-state index is 12.5. The van der Waals surface area contributed by atoms with Gasteiger partial charge >= 0.3 is 0 Å². The molecule has 2 amide bonds. The Hall–Kier alpha value is -2.14. The van der Waals surface area contributed by atoms with Crippen molar-refractivity contribution < 1.29 is 9.59 Å². The van der Waals surface area contributed by atoms with Gasteiger partial charge < -0.3 is 10.2 Å². The number of nitrogens with one attached hydrogen (secondary N) is 1. The molecule has 3 rings (SSSR count). The molecule has 5 heteroatoms. The van der Waals surface area contributed by atoms with Crippen molar-refractivity contribution in [1.82, 2.24) is 4.90 Å². The summed E-state index contributed by atoms with van der Waals surface area (Å²) in [6.45, 7) is 3.22. The Morgan fingerprint density at radius 1 is 1.26 bits per heavy atom. The van der Waals surface area contributed by atoms with Crippen molar-refractivity contribution >= 4 is 28.8 Å². The lowest BCUT2D eigenvalue weighted by Gasteiger charge is -2.31. The van der Waals surface area contributed by atoms with E-state index in [0.717, 1.165) is 35.5 Å². The first-order chi connectivity index (χ1) is 11.1. The lowest BCUT2D eigenvalue weighted by Crippen LogP contribution is -2.43. The van der Waals surface area contributed by atoms with Gasteiger partial charge in [-0.2, -0.15) is 0 Å². The maximum absolute atomic E-state index is 12.5. The number of hydrogen-bond acceptors (Lipinski definition) is 3. The topological polar surface area (TPSA) is 49.4 Å². The van der Waals surface area contributed by atoms with Crippen molar-refractivity contribution in [2.24, 2.45) is 5.92 Å². The highest BCUT2D eigenvalue weighted by Gasteiger charge is 2.29. The molecule has 1 atom stereocenters. The number of carbonyl (C=O) groups excluding carboxylic acids is 2. The number of benzene rings is 1. The van der Waals surface area contributed by atoms with Crippen molar-refractivity contribution in [2.45, 2.75) is 19.8 Å². The van der Waals surface area contributed by atoms with Crippen LogP contribution >= 0.6 is 11.3 Å². The number of rotatable bonds is 3. The molecule has 0 radical (unpaired) electrons. The third kappa shape index (κ3) is 3.79. The predicted octanol–water partition coefficient (Wildman–Crippen LogP) is 3.55. The van der Waals surface area contributed by atoms with Crippen LogP contribution in [-0.2, 0) is 4.79 Å². The fraction of sp³-hybridized carbons (Fsp3) is 0.333. The highest BCUT2D eigenvalue weighted by Crippen LogP contribution is 2.22. The summed E-state index contributed by atoms with van der Waals surface area (Å²) in [6, 6.07) is 11.5. The van der Waals surface area contributed by atoms with Crippen molar-refractivity contribution in [3.8, 4) is 0 Å². The maximum Gasteiger partial charge on any atom is 0.263 e. The van der Waals surface area contributed by atoms with E-state index in [0.29, 0.717) is 6.54 Å². The quantitative estimate of drug-likeness (QED) is 0.937. The molecule has 2 aromatic rings. The second kappa shape index (κ2) is 6.96. The van der Waals surface area contributed by atoms with Gasteiger partial charge in [0.2, 0.25) is 5.91 Å². The zero-order valence-corrected chi connectivity index (χ0v) is 13.9. The molecule has 1 fully saturated rings. The van der Waals surface area contributed by atoms with Crippen LogP contribution in [0.25, 0.3) is 0 Å². The van der Waals surface area contributed by atoms with E-state index >= 15 is 0 Å². The molecule has 0 bridgehead atoms. The molecule has 4 nitrogen and oxygen atoms in total. The molecule has 120 valence electrons. The Morgan fingerprint density at radius 3 is 2.87 bits per heavy atom. The Morgan fingerprint density at radius 2 is 2.13 bits per heavy atom. The van der Waals surface area contributed by atoms with E-state index in [9.17, 15) is 9.59 Å². The molecule has 0 saturated carbocycles. The second-order valence-corrected chi connectivity index (χ2v) is 6.87. The number of amides is 2. The number of anilines is 1. The molecule has 1 aromatic heterocycles. The highest BCUT2D eigenvalue weighted by molar-refractivity contribution is 7.12. The Bertz CT molecular complexity index is 697. The minimum Gasteiger partial charge on any atom is -0.337 e. The molecule has 0 aliphatic carbocycles. The number of likely N-dealkylation sites (tertiary alicyclic amines) is 1. The Balaban J connectivity index is 1.64. The summed E-state index contributed by atoms with van der Waals surface area (Å²) < 4.78 is 0. The minimum absolute atomic E-state index is 0.000667. The average Bonchev–Trinajstić information content (AvgIpc) is 3.09. The van der Waals surface area contributed by atoms with E-state index in [1.807, 2.05) is 48.7 Å². The SMILES string of the molecule is Cc1cccc(NC(=O)[C@H]2CCCN(C(=O)c3cccs3)C2)c1. The molecule has 1 aliphatic rings. The number of aryl methyl sites for hydroxylation is 1. The lowest BCUT2D eigenvalue weighted by molar-refractivity contribution is -0.121. The monoisotopic (exact) mass is 328 g/mol. The highest BCUT2D eigenvalue weighted by atomic mass is 32.1. The van der Waals surface area contributed by atoms with Crippen LogP contribution in [0, 0.1) is 12.8 Å². The van der Waals surface area contributed by atoms with E-state index < -0.39 is 0 Å². The van der Waals surface area contributed by atoms with E-state index in [4.69, 9.17) is 0 Å². The van der Waals surface area contributed by atoms with Gasteiger partial charge in [0.15, 0.2) is 0 Å². The minimum atomic E-state index is -0.145. The molecule has 1 N–H and O–H groups in total. The lowest BCUT2D eigenvalue weighted by atomic mass is 9.96. The zero-order valence-electron chi connectivity index (χ0n) is 13.1. The normalized spacial score (nSPS) is 17.8. The first-order valence-corrected chi connectivity index (χ1v) is 8.72. The third-order valence-electron chi connectivity index (χ3n) is 4.10. The smallest absolute Gasteiger partial charge is 0.263 e. The second-order valence-electron chi connectivity index (χ2n) is 5.93. The average molecular weight is 328 g/mol. The van der Waals surface area contributed by atoms with Gasteiger partial charge in [0.25, 0.3) is 5.91 Å². The van der Waals surface area contributed by atoms with Gasteiger partial charge in [-0.3, -0.25) is 9.59 Å². The standard InChI is InChI=1S/C18H20N2O2S/c1-13-5-2-7-15(11-13)19-17(21)14-6-3-9-20(12-14)18(22)16-8-4-10-23-16/h2,4-5,7-8,10-11,14H,3,6,9,12H2,1H3,(H,19,21)/t14-/m0/s1. The van der Waals surface area contributed by atoms with Gasteiger partial charge in [-0.25, -0.2) is 0 Å². The molecular weight excluding hydrogens is 308 g/mol. The number of hydrogen-bond donors (Lipinski definition) is 1. The predicted molar refractivity (Wildman–Crippen MR) is 92.8 cm³/mol. The molecule has 1 aromatic carbocycles. The summed E-state index contributed by atoms with van der Waals surface area (Å²) in [5.74, 6) is -0.111. The van der Waals surface area contributed by atoms with Gasteiger partial charge in [-0.1, -0.05) is 18.2 Å². The van der Waals surface area contributed by atoms with Gasteiger partial charge in [-0.15, -0.1) is 11.3 Å². The largest absolute Gasteiger partial charge is 0.337 e. The summed E-state index contributed by atoms with van der Waals surface area (Å²) >= 11 is 1.45. The third-order valence-corrected chi connectivity index (χ3v) is 4.95. The van der Waals surface area contributed by atoms with E-state index in [1.165, 1.54) is 11.3 Å². The van der Waals surface area contributed by atoms with Crippen LogP contribution in [0.5, 0.6) is 0 Å². The van der Waals surface area contributed by atoms with Gasteiger partial charge in [0, 0.05) is 18.8 Å². The fourth-order valence-electron chi connectivity index (χ4n) is 2.90. The molecule has 2 heterocycles. The summed E-state index contributed by atoms with van der Waals surface area (Å²) in [4.78, 5) is 27.5. The number of carbonyl (C=O) groups is 2. The molecule has 1 saturated heterocycles. The van der Waals surface area contributed by atoms with Gasteiger partial charge in [0.1, 0.15) is 0 Å². The van der Waals surface area contributed by atoms with Crippen LogP contribution in [0.3, 0.4) is 0 Å². The number of nitrogens with zero attached hydrogens (tertiary/aromatic N) is 1.